The van der Waals surface area contributed by atoms with Gasteiger partial charge in [-0.05, 0) is 43.0 Å². The SMILES string of the molecule is Cc1cccc(CCC(N)c2ccc(C(F)(F)F)cc2)c1. The monoisotopic (exact) mass is 293 g/mol. The maximum Gasteiger partial charge on any atom is 0.416 e. The zero-order chi connectivity index (χ0) is 15.5. The van der Waals surface area contributed by atoms with Crippen molar-refractivity contribution in [1.82, 2.24) is 0 Å². The number of alkyl halides is 3. The van der Waals surface area contributed by atoms with Crippen molar-refractivity contribution in [3.8, 4) is 0 Å². The molecular weight excluding hydrogens is 275 g/mol. The molecule has 1 nitrogen and oxygen atoms in total. The molecule has 0 amide bonds. The van der Waals surface area contributed by atoms with E-state index in [1.54, 1.807) is 0 Å². The molecular formula is C17H18F3N. The highest BCUT2D eigenvalue weighted by Gasteiger charge is 2.30. The highest BCUT2D eigenvalue weighted by molar-refractivity contribution is 5.27. The Bertz CT molecular complexity index is 588. The van der Waals surface area contributed by atoms with Gasteiger partial charge in [0.25, 0.3) is 0 Å². The Morgan fingerprint density at radius 2 is 1.71 bits per heavy atom. The molecule has 1 unspecified atom stereocenters. The molecule has 0 aliphatic carbocycles. The van der Waals surface area contributed by atoms with Gasteiger partial charge < -0.3 is 5.73 Å². The van der Waals surface area contributed by atoms with E-state index in [1.807, 2.05) is 25.1 Å². The number of halogens is 3. The van der Waals surface area contributed by atoms with Crippen LogP contribution in [0.15, 0.2) is 48.5 Å². The quantitative estimate of drug-likeness (QED) is 0.872. The Kier molecular flexibility index (Phi) is 4.68. The predicted octanol–water partition coefficient (Wildman–Crippen LogP) is 4.65. The predicted molar refractivity (Wildman–Crippen MR) is 77.9 cm³/mol. The van der Waals surface area contributed by atoms with Crippen molar-refractivity contribution in [3.05, 3.63) is 70.8 Å². The van der Waals surface area contributed by atoms with E-state index < -0.39 is 11.7 Å². The summed E-state index contributed by atoms with van der Waals surface area (Å²) in [7, 11) is 0. The van der Waals surface area contributed by atoms with Gasteiger partial charge >= 0.3 is 6.18 Å². The van der Waals surface area contributed by atoms with Crippen LogP contribution in [-0.4, -0.2) is 0 Å². The zero-order valence-electron chi connectivity index (χ0n) is 11.8. The average Bonchev–Trinajstić information content (AvgIpc) is 2.44. The van der Waals surface area contributed by atoms with Gasteiger partial charge in [-0.15, -0.1) is 0 Å². The van der Waals surface area contributed by atoms with Crippen LogP contribution in [0.5, 0.6) is 0 Å². The van der Waals surface area contributed by atoms with Gasteiger partial charge in [-0.1, -0.05) is 42.0 Å². The molecule has 2 rings (SSSR count). The van der Waals surface area contributed by atoms with Crippen molar-refractivity contribution in [2.24, 2.45) is 5.73 Å². The molecule has 0 bridgehead atoms. The van der Waals surface area contributed by atoms with Crippen LogP contribution in [-0.2, 0) is 12.6 Å². The molecule has 0 aliphatic rings. The molecule has 2 N–H and O–H groups in total. The maximum absolute atomic E-state index is 12.5. The van der Waals surface area contributed by atoms with E-state index in [2.05, 4.69) is 6.07 Å². The van der Waals surface area contributed by atoms with Gasteiger partial charge in [0.05, 0.1) is 5.56 Å². The first-order valence-electron chi connectivity index (χ1n) is 6.84. The van der Waals surface area contributed by atoms with Gasteiger partial charge in [0, 0.05) is 6.04 Å². The van der Waals surface area contributed by atoms with Crippen molar-refractivity contribution >= 4 is 0 Å². The lowest BCUT2D eigenvalue weighted by Crippen LogP contribution is -2.12. The highest BCUT2D eigenvalue weighted by atomic mass is 19.4. The fourth-order valence-corrected chi connectivity index (χ4v) is 2.28. The fraction of sp³-hybridized carbons (Fsp3) is 0.294. The Morgan fingerprint density at radius 3 is 2.29 bits per heavy atom. The normalized spacial score (nSPS) is 13.2. The van der Waals surface area contributed by atoms with Crippen LogP contribution in [0.2, 0.25) is 0 Å². The number of hydrogen-bond donors (Lipinski definition) is 1. The highest BCUT2D eigenvalue weighted by Crippen LogP contribution is 2.30. The Balaban J connectivity index is 1.99. The largest absolute Gasteiger partial charge is 0.416 e. The topological polar surface area (TPSA) is 26.0 Å². The molecule has 4 heteroatoms. The van der Waals surface area contributed by atoms with E-state index in [0.717, 1.165) is 24.1 Å². The van der Waals surface area contributed by atoms with Crippen molar-refractivity contribution in [2.75, 3.05) is 0 Å². The minimum Gasteiger partial charge on any atom is -0.324 e. The number of nitrogens with two attached hydrogens (primary N) is 1. The van der Waals surface area contributed by atoms with Gasteiger partial charge in [-0.3, -0.25) is 0 Å². The average molecular weight is 293 g/mol. The van der Waals surface area contributed by atoms with Crippen LogP contribution in [0.3, 0.4) is 0 Å². The Labute approximate surface area is 122 Å². The van der Waals surface area contributed by atoms with E-state index >= 15 is 0 Å². The summed E-state index contributed by atoms with van der Waals surface area (Å²) >= 11 is 0. The van der Waals surface area contributed by atoms with Crippen LogP contribution in [0, 0.1) is 6.92 Å². The number of hydrogen-bond acceptors (Lipinski definition) is 1. The summed E-state index contributed by atoms with van der Waals surface area (Å²) < 4.78 is 37.5. The third kappa shape index (κ3) is 4.33. The van der Waals surface area contributed by atoms with Crippen molar-refractivity contribution in [2.45, 2.75) is 32.0 Å². The Morgan fingerprint density at radius 1 is 1.05 bits per heavy atom. The second-order valence-electron chi connectivity index (χ2n) is 5.25. The number of benzene rings is 2. The molecule has 2 aromatic carbocycles. The third-order valence-corrected chi connectivity index (χ3v) is 3.49. The smallest absolute Gasteiger partial charge is 0.324 e. The van der Waals surface area contributed by atoms with Gasteiger partial charge in [-0.25, -0.2) is 0 Å². The second kappa shape index (κ2) is 6.31. The summed E-state index contributed by atoms with van der Waals surface area (Å²) in [6, 6.07) is 13.0. The van der Waals surface area contributed by atoms with Crippen molar-refractivity contribution < 1.29 is 13.2 Å². The van der Waals surface area contributed by atoms with Gasteiger partial charge in [-0.2, -0.15) is 13.2 Å². The molecule has 0 saturated carbocycles. The molecule has 0 saturated heterocycles. The standard InChI is InChI=1S/C17H18F3N/c1-12-3-2-4-13(11-12)5-10-16(21)14-6-8-15(9-7-14)17(18,19)20/h2-4,6-9,11,16H,5,10,21H2,1H3. The van der Waals surface area contributed by atoms with E-state index in [-0.39, 0.29) is 6.04 Å². The van der Waals surface area contributed by atoms with E-state index in [1.165, 1.54) is 23.3 Å². The van der Waals surface area contributed by atoms with Crippen molar-refractivity contribution in [3.63, 3.8) is 0 Å². The Hall–Kier alpha value is -1.81. The van der Waals surface area contributed by atoms with E-state index in [9.17, 15) is 13.2 Å². The van der Waals surface area contributed by atoms with Crippen LogP contribution in [0.25, 0.3) is 0 Å². The molecule has 0 heterocycles. The molecule has 0 fully saturated rings. The maximum atomic E-state index is 12.5. The molecule has 0 aliphatic heterocycles. The molecule has 1 atom stereocenters. The van der Waals surface area contributed by atoms with Crippen LogP contribution in [0.1, 0.15) is 34.7 Å². The summed E-state index contributed by atoms with van der Waals surface area (Å²) in [5.74, 6) is 0. The molecule has 0 aromatic heterocycles. The van der Waals surface area contributed by atoms with Crippen LogP contribution < -0.4 is 5.73 Å². The van der Waals surface area contributed by atoms with Gasteiger partial charge in [0.2, 0.25) is 0 Å². The van der Waals surface area contributed by atoms with Crippen molar-refractivity contribution in [1.29, 1.82) is 0 Å². The molecule has 0 radical (unpaired) electrons. The molecule has 2 aromatic rings. The van der Waals surface area contributed by atoms with Crippen LogP contribution in [0.4, 0.5) is 13.2 Å². The molecule has 0 spiro atoms. The summed E-state index contributed by atoms with van der Waals surface area (Å²) in [6.45, 7) is 2.03. The molecule has 21 heavy (non-hydrogen) atoms. The van der Waals surface area contributed by atoms with E-state index in [4.69, 9.17) is 5.73 Å². The minimum atomic E-state index is -4.30. The van der Waals surface area contributed by atoms with E-state index in [0.29, 0.717) is 6.42 Å². The lowest BCUT2D eigenvalue weighted by atomic mass is 9.98. The summed E-state index contributed by atoms with van der Waals surface area (Å²) in [6.07, 6.45) is -2.79. The lowest BCUT2D eigenvalue weighted by molar-refractivity contribution is -0.137. The lowest BCUT2D eigenvalue weighted by Gasteiger charge is -2.14. The first kappa shape index (κ1) is 15.6. The first-order valence-corrected chi connectivity index (χ1v) is 6.84. The molecule has 112 valence electrons. The van der Waals surface area contributed by atoms with Crippen LogP contribution >= 0.6 is 0 Å². The second-order valence-corrected chi connectivity index (χ2v) is 5.25. The zero-order valence-corrected chi connectivity index (χ0v) is 11.8. The van der Waals surface area contributed by atoms with Gasteiger partial charge in [0.1, 0.15) is 0 Å². The van der Waals surface area contributed by atoms with Gasteiger partial charge in [0.15, 0.2) is 0 Å². The minimum absolute atomic E-state index is 0.257. The summed E-state index contributed by atoms with van der Waals surface area (Å²) in [5.41, 5.74) is 8.53. The first-order chi connectivity index (χ1) is 9.86. The third-order valence-electron chi connectivity index (χ3n) is 3.49. The summed E-state index contributed by atoms with van der Waals surface area (Å²) in [5, 5.41) is 0. The fourth-order valence-electron chi connectivity index (χ4n) is 2.28. The number of rotatable bonds is 4. The number of aryl methyl sites for hydroxylation is 2. The summed E-state index contributed by atoms with van der Waals surface area (Å²) in [4.78, 5) is 0.